The summed E-state index contributed by atoms with van der Waals surface area (Å²) < 4.78 is 5.65. The van der Waals surface area contributed by atoms with E-state index in [2.05, 4.69) is 15.6 Å². The molecule has 274 valence electrons. The van der Waals surface area contributed by atoms with Crippen molar-refractivity contribution >= 4 is 28.7 Å². The number of phenolic OH excluding ortho intramolecular Hbond substituents is 1. The molecule has 1 saturated heterocycles. The van der Waals surface area contributed by atoms with Crippen LogP contribution in [0.1, 0.15) is 51.6 Å². The molecular weight excluding hydrogens is 680 g/mol. The second-order valence-corrected chi connectivity index (χ2v) is 13.0. The van der Waals surface area contributed by atoms with Crippen LogP contribution >= 0.6 is 0 Å². The van der Waals surface area contributed by atoms with Crippen LogP contribution in [0.25, 0.3) is 10.9 Å². The van der Waals surface area contributed by atoms with E-state index in [4.69, 9.17) is 4.74 Å². The number of rotatable bonds is 13. The Bertz CT molecular complexity index is 2150. The van der Waals surface area contributed by atoms with Crippen LogP contribution in [0.15, 0.2) is 108 Å². The number of carboxylic acids is 1. The summed E-state index contributed by atoms with van der Waals surface area (Å²) in [5.41, 5.74) is -0.0706. The largest absolute Gasteiger partial charge is 0.506 e. The highest BCUT2D eigenvalue weighted by molar-refractivity contribution is 5.94. The van der Waals surface area contributed by atoms with Crippen molar-refractivity contribution in [1.29, 1.82) is 0 Å². The van der Waals surface area contributed by atoms with Gasteiger partial charge in [-0.15, -0.1) is 0 Å². The van der Waals surface area contributed by atoms with Crippen molar-refractivity contribution in [3.8, 4) is 11.5 Å². The van der Waals surface area contributed by atoms with Crippen molar-refractivity contribution < 1.29 is 39.5 Å². The van der Waals surface area contributed by atoms with Gasteiger partial charge in [-0.3, -0.25) is 14.4 Å². The normalized spacial score (nSPS) is 15.0. The van der Waals surface area contributed by atoms with Crippen molar-refractivity contribution in [2.75, 3.05) is 26.2 Å². The van der Waals surface area contributed by atoms with Crippen LogP contribution in [-0.4, -0.2) is 80.4 Å². The van der Waals surface area contributed by atoms with E-state index in [0.29, 0.717) is 49.0 Å². The third-order valence-electron chi connectivity index (χ3n) is 9.40. The summed E-state index contributed by atoms with van der Waals surface area (Å²) in [5, 5.41) is 48.6. The highest BCUT2D eigenvalue weighted by atomic mass is 16.5. The lowest BCUT2D eigenvalue weighted by Gasteiger charge is -2.32. The van der Waals surface area contributed by atoms with E-state index in [1.165, 1.54) is 36.4 Å². The summed E-state index contributed by atoms with van der Waals surface area (Å²) in [5.74, 6) is -1.75. The Balaban J connectivity index is 0.942. The van der Waals surface area contributed by atoms with Crippen LogP contribution in [-0.2, 0) is 21.7 Å². The Morgan fingerprint density at radius 1 is 0.906 bits per heavy atom. The zero-order valence-corrected chi connectivity index (χ0v) is 28.7. The summed E-state index contributed by atoms with van der Waals surface area (Å²) in [6.45, 7) is 1.27. The minimum atomic E-state index is -2.30. The predicted octanol–water partition coefficient (Wildman–Crippen LogP) is 3.18. The minimum absolute atomic E-state index is 0.0743. The molecule has 2 atom stereocenters. The maximum Gasteiger partial charge on any atom is 0.345 e. The number of carbonyl (C=O) groups excluding carboxylic acids is 2. The number of pyridine rings is 1. The molecule has 0 spiro atoms. The summed E-state index contributed by atoms with van der Waals surface area (Å²) in [7, 11) is 0. The van der Waals surface area contributed by atoms with E-state index in [1.807, 2.05) is 12.1 Å². The van der Waals surface area contributed by atoms with Gasteiger partial charge in [0.15, 0.2) is 6.61 Å². The van der Waals surface area contributed by atoms with Gasteiger partial charge in [0, 0.05) is 54.8 Å². The number of nitrogens with one attached hydrogen (secondary N) is 3. The smallest absolute Gasteiger partial charge is 0.345 e. The van der Waals surface area contributed by atoms with E-state index >= 15 is 0 Å². The number of hydrogen-bond donors (Lipinski definition) is 7. The lowest BCUT2D eigenvalue weighted by molar-refractivity contribution is -0.155. The zero-order chi connectivity index (χ0) is 37.5. The van der Waals surface area contributed by atoms with E-state index in [-0.39, 0.29) is 64.7 Å². The molecule has 2 unspecified atom stereocenters. The molecule has 6 rings (SSSR count). The van der Waals surface area contributed by atoms with Gasteiger partial charge in [-0.2, -0.15) is 0 Å². The van der Waals surface area contributed by atoms with Gasteiger partial charge in [0.2, 0.25) is 11.2 Å². The molecule has 0 aliphatic carbocycles. The second-order valence-electron chi connectivity index (χ2n) is 13.0. The summed E-state index contributed by atoms with van der Waals surface area (Å²) >= 11 is 0. The van der Waals surface area contributed by atoms with Gasteiger partial charge < -0.3 is 45.7 Å². The van der Waals surface area contributed by atoms with Gasteiger partial charge >= 0.3 is 5.97 Å². The first kappa shape index (κ1) is 36.8. The monoisotopic (exact) mass is 720 g/mol. The molecular formula is C40H40N4O9. The summed E-state index contributed by atoms with van der Waals surface area (Å²) in [6.07, 6.45) is 0.231. The van der Waals surface area contributed by atoms with E-state index < -0.39 is 17.7 Å². The molecule has 0 saturated carbocycles. The van der Waals surface area contributed by atoms with Crippen LogP contribution in [0, 0.1) is 0 Å². The number of ether oxygens (including phenoxy) is 1. The fourth-order valence-corrected chi connectivity index (χ4v) is 6.51. The number of aromatic amines is 1. The molecule has 1 fully saturated rings. The number of fused-ring (bicyclic) bond motifs is 1. The number of aromatic hydroxyl groups is 1. The molecule has 2 amide bonds. The van der Waals surface area contributed by atoms with Gasteiger partial charge in [-0.05, 0) is 65.9 Å². The Hall–Kier alpha value is -6.02. The number of amides is 2. The quantitative estimate of drug-likeness (QED) is 0.0948. The molecule has 0 bridgehead atoms. The maximum absolute atomic E-state index is 13.2. The van der Waals surface area contributed by atoms with Crippen LogP contribution in [0.5, 0.6) is 11.5 Å². The fourth-order valence-electron chi connectivity index (χ4n) is 6.51. The average molecular weight is 721 g/mol. The Labute approximate surface area is 304 Å². The molecule has 5 aromatic rings. The molecule has 1 aliphatic heterocycles. The topological polar surface area (TPSA) is 202 Å². The molecule has 2 heterocycles. The number of hydrogen-bond acceptors (Lipinski definition) is 9. The van der Waals surface area contributed by atoms with E-state index in [9.17, 15) is 39.6 Å². The third-order valence-corrected chi connectivity index (χ3v) is 9.40. The SMILES string of the molecule is O=C(COc1cccc(C(O)(C(=O)O)c2ccccc2)c1)NC1CCN(C(=O)c2ccc(CNCC(O)c3ccc(O)c4[nH]c(=O)ccc34)cc2)CC1. The highest BCUT2D eigenvalue weighted by Crippen LogP contribution is 2.32. The molecule has 0 radical (unpaired) electrons. The number of nitrogens with zero attached hydrogens (tertiary/aromatic N) is 1. The number of benzene rings is 4. The Morgan fingerprint density at radius 3 is 2.34 bits per heavy atom. The van der Waals surface area contributed by atoms with Crippen molar-refractivity contribution in [1.82, 2.24) is 20.5 Å². The van der Waals surface area contributed by atoms with Crippen molar-refractivity contribution in [2.45, 2.75) is 37.1 Å². The van der Waals surface area contributed by atoms with Gasteiger partial charge in [0.05, 0.1) is 11.6 Å². The number of likely N-dealkylation sites (tertiary alicyclic amines) is 1. The number of aliphatic carboxylic acids is 1. The number of phenols is 1. The van der Waals surface area contributed by atoms with Gasteiger partial charge in [0.25, 0.3) is 11.8 Å². The number of piperidine rings is 1. The first-order valence-electron chi connectivity index (χ1n) is 17.2. The number of aromatic nitrogens is 1. The number of aliphatic hydroxyl groups excluding tert-OH is 1. The van der Waals surface area contributed by atoms with Crippen LogP contribution in [0.2, 0.25) is 0 Å². The molecule has 13 heteroatoms. The van der Waals surface area contributed by atoms with Crippen LogP contribution in [0.4, 0.5) is 0 Å². The van der Waals surface area contributed by atoms with Crippen LogP contribution < -0.4 is 20.9 Å². The lowest BCUT2D eigenvalue weighted by Crippen LogP contribution is -2.47. The fraction of sp³-hybridized carbons (Fsp3) is 0.250. The highest BCUT2D eigenvalue weighted by Gasteiger charge is 2.40. The lowest BCUT2D eigenvalue weighted by atomic mass is 9.86. The van der Waals surface area contributed by atoms with Crippen molar-refractivity contribution in [3.05, 3.63) is 141 Å². The average Bonchev–Trinajstić information content (AvgIpc) is 3.17. The van der Waals surface area contributed by atoms with Gasteiger partial charge in [0.1, 0.15) is 11.5 Å². The molecule has 53 heavy (non-hydrogen) atoms. The van der Waals surface area contributed by atoms with Crippen LogP contribution in [0.3, 0.4) is 0 Å². The Kier molecular flexibility index (Phi) is 11.2. The molecule has 4 aromatic carbocycles. The van der Waals surface area contributed by atoms with Crippen molar-refractivity contribution in [2.24, 2.45) is 0 Å². The first-order valence-corrected chi connectivity index (χ1v) is 17.2. The number of carbonyl (C=O) groups is 3. The zero-order valence-electron chi connectivity index (χ0n) is 28.7. The number of aliphatic hydroxyl groups is 2. The molecule has 7 N–H and O–H groups in total. The van der Waals surface area contributed by atoms with E-state index in [0.717, 1.165) is 5.56 Å². The third kappa shape index (κ3) is 8.39. The second kappa shape index (κ2) is 16.1. The standard InChI is InChI=1S/C40H40N4O9/c45-33-15-13-31(32-14-16-35(47)43-37(32)33)34(46)23-41-22-25-9-11-26(12-10-25)38(49)44-19-17-29(18-20-44)42-36(48)24-53-30-8-4-7-28(21-30)40(52,39(50)51)27-5-2-1-3-6-27/h1-16,21,29,34,41,45-46,52H,17-20,22-24H2,(H,42,48)(H,43,47)(H,50,51). The maximum atomic E-state index is 13.2. The van der Waals surface area contributed by atoms with Gasteiger partial charge in [-0.1, -0.05) is 60.7 Å². The Morgan fingerprint density at radius 2 is 1.62 bits per heavy atom. The predicted molar refractivity (Wildman–Crippen MR) is 195 cm³/mol. The number of H-pyrrole nitrogens is 1. The summed E-state index contributed by atoms with van der Waals surface area (Å²) in [4.78, 5) is 54.1. The van der Waals surface area contributed by atoms with Gasteiger partial charge in [-0.25, -0.2) is 4.79 Å². The van der Waals surface area contributed by atoms with E-state index in [1.54, 1.807) is 59.5 Å². The summed E-state index contributed by atoms with van der Waals surface area (Å²) in [6, 6.07) is 27.1. The van der Waals surface area contributed by atoms with Crippen molar-refractivity contribution in [3.63, 3.8) is 0 Å². The molecule has 1 aliphatic rings. The molecule has 1 aromatic heterocycles. The first-order chi connectivity index (χ1) is 25.5. The molecule has 13 nitrogen and oxygen atoms in total. The minimum Gasteiger partial charge on any atom is -0.506 e. The number of carboxylic acid groups (broad SMARTS) is 1.